The summed E-state index contributed by atoms with van der Waals surface area (Å²) in [5.41, 5.74) is 1.21. The molecule has 0 aliphatic rings. The monoisotopic (exact) mass is 400 g/mol. The molecule has 0 radical (unpaired) electrons. The van der Waals surface area contributed by atoms with Crippen LogP contribution in [0.15, 0.2) is 67.2 Å². The van der Waals surface area contributed by atoms with Crippen molar-refractivity contribution in [2.75, 3.05) is 0 Å². The zero-order chi connectivity index (χ0) is 23.4. The molecule has 0 amide bonds. The molecular weight excluding hydrogens is 364 g/mol. The Morgan fingerprint density at radius 2 is 1.37 bits per heavy atom. The predicted molar refractivity (Wildman–Crippen MR) is 123 cm³/mol. The number of hydrogen-bond acceptors (Lipinski definition) is 2. The van der Waals surface area contributed by atoms with E-state index in [-0.39, 0.29) is 6.05 Å². The molecule has 2 aromatic carbocycles. The van der Waals surface area contributed by atoms with Crippen LogP contribution >= 0.6 is 0 Å². The lowest BCUT2D eigenvalue weighted by atomic mass is 9.98. The lowest BCUT2D eigenvalue weighted by Crippen LogP contribution is -2.29. The van der Waals surface area contributed by atoms with Crippen molar-refractivity contribution in [3.8, 4) is 11.5 Å². The summed E-state index contributed by atoms with van der Waals surface area (Å²) in [5, 5.41) is 0. The van der Waals surface area contributed by atoms with Gasteiger partial charge in [0.2, 0.25) is 16.6 Å². The molecule has 27 heavy (non-hydrogen) atoms. The van der Waals surface area contributed by atoms with Gasteiger partial charge in [0.05, 0.1) is 4.11 Å². The van der Waals surface area contributed by atoms with Crippen LogP contribution in [0.1, 0.15) is 22.5 Å². The third kappa shape index (κ3) is 7.61. The molecule has 0 fully saturated rings. The first kappa shape index (κ1) is 16.0. The molecule has 0 heterocycles. The number of rotatable bonds is 8. The molecule has 0 aliphatic carbocycles. The van der Waals surface area contributed by atoms with Crippen molar-refractivity contribution < 1.29 is 14.3 Å². The SMILES string of the molecule is [2H]C([2H])=CC([2H])(/C=C(/[2H])c1ccc(O[Si](C)(C)C)cc1)c1ccc(O[Si](C)(C)C)cc1. The largest absolute Gasteiger partial charge is 0.544 e. The van der Waals surface area contributed by atoms with Crippen molar-refractivity contribution in [2.24, 2.45) is 0 Å². The van der Waals surface area contributed by atoms with E-state index in [2.05, 4.69) is 39.3 Å². The minimum atomic E-state index is -1.75. The molecule has 0 bridgehead atoms. The van der Waals surface area contributed by atoms with Crippen molar-refractivity contribution in [3.63, 3.8) is 0 Å². The van der Waals surface area contributed by atoms with Crippen LogP contribution in [0.5, 0.6) is 11.5 Å². The van der Waals surface area contributed by atoms with Gasteiger partial charge >= 0.3 is 0 Å². The maximum absolute atomic E-state index is 8.92. The summed E-state index contributed by atoms with van der Waals surface area (Å²) in [7, 11) is -3.46. The van der Waals surface area contributed by atoms with E-state index < -0.39 is 29.1 Å². The molecule has 2 aromatic rings. The van der Waals surface area contributed by atoms with E-state index in [9.17, 15) is 0 Å². The fourth-order valence-electron chi connectivity index (χ4n) is 2.41. The first-order chi connectivity index (χ1) is 14.2. The summed E-state index contributed by atoms with van der Waals surface area (Å²) in [5.74, 6) is -0.00852. The van der Waals surface area contributed by atoms with Crippen LogP contribution in [0.3, 0.4) is 0 Å². The van der Waals surface area contributed by atoms with Gasteiger partial charge in [-0.2, -0.15) is 0 Å². The second-order valence-corrected chi connectivity index (χ2v) is 17.2. The molecule has 1 unspecified atom stereocenters. The highest BCUT2D eigenvalue weighted by atomic mass is 28.4. The third-order valence-corrected chi connectivity index (χ3v) is 5.14. The maximum Gasteiger partial charge on any atom is 0.242 e. The van der Waals surface area contributed by atoms with Gasteiger partial charge in [-0.25, -0.2) is 0 Å². The first-order valence-electron chi connectivity index (χ1n) is 11.1. The fraction of sp³-hybridized carbons (Fsp3) is 0.304. The minimum absolute atomic E-state index is 0.148. The average molecular weight is 401 g/mol. The topological polar surface area (TPSA) is 18.5 Å². The van der Waals surface area contributed by atoms with Crippen molar-refractivity contribution in [3.05, 3.63) is 78.3 Å². The summed E-state index contributed by atoms with van der Waals surface area (Å²) in [6.45, 7) is 12.1. The van der Waals surface area contributed by atoms with Crippen LogP contribution in [-0.4, -0.2) is 16.6 Å². The van der Waals surface area contributed by atoms with Crippen molar-refractivity contribution in [2.45, 2.75) is 45.2 Å². The smallest absolute Gasteiger partial charge is 0.242 e. The summed E-state index contributed by atoms with van der Waals surface area (Å²) in [6, 6.07) is 14.5. The van der Waals surface area contributed by atoms with Crippen LogP contribution in [0, 0.1) is 0 Å². The Labute approximate surface area is 172 Å². The molecule has 4 heteroatoms. The van der Waals surface area contributed by atoms with Gasteiger partial charge < -0.3 is 8.85 Å². The zero-order valence-corrected chi connectivity index (χ0v) is 19.1. The van der Waals surface area contributed by atoms with E-state index in [1.165, 1.54) is 12.2 Å². The normalized spacial score (nSPS) is 16.9. The van der Waals surface area contributed by atoms with Gasteiger partial charge in [-0.1, -0.05) is 42.5 Å². The summed E-state index contributed by atoms with van der Waals surface area (Å²) < 4.78 is 44.5. The molecule has 2 nitrogen and oxygen atoms in total. The van der Waals surface area contributed by atoms with E-state index in [4.69, 9.17) is 14.3 Å². The highest BCUT2D eigenvalue weighted by molar-refractivity contribution is 6.70. The predicted octanol–water partition coefficient (Wildman–Crippen LogP) is 7.10. The fourth-order valence-corrected chi connectivity index (χ4v) is 4.10. The van der Waals surface area contributed by atoms with Gasteiger partial charge in [0.1, 0.15) is 11.5 Å². The first-order valence-corrected chi connectivity index (χ1v) is 15.9. The highest BCUT2D eigenvalue weighted by Crippen LogP contribution is 2.24. The molecule has 0 N–H and O–H groups in total. The van der Waals surface area contributed by atoms with E-state index in [1.807, 2.05) is 12.1 Å². The number of benzene rings is 2. The van der Waals surface area contributed by atoms with Crippen LogP contribution < -0.4 is 8.85 Å². The Bertz CT molecular complexity index is 940. The van der Waals surface area contributed by atoms with Gasteiger partial charge in [-0.3, -0.25) is 0 Å². The summed E-state index contributed by atoms with van der Waals surface area (Å²) in [6.07, 6.45) is 2.68. The van der Waals surface area contributed by atoms with Crippen molar-refractivity contribution >= 4 is 22.7 Å². The lowest BCUT2D eigenvalue weighted by molar-refractivity contribution is 0.557. The Balaban J connectivity index is 2.37. The van der Waals surface area contributed by atoms with Gasteiger partial charge in [0, 0.05) is 7.26 Å². The Kier molecular flexibility index (Phi) is 5.18. The van der Waals surface area contributed by atoms with Crippen LogP contribution in [-0.2, 0) is 0 Å². The van der Waals surface area contributed by atoms with Crippen LogP contribution in [0.25, 0.3) is 6.05 Å². The van der Waals surface area contributed by atoms with Crippen molar-refractivity contribution in [1.29, 1.82) is 0 Å². The molecule has 144 valence electrons. The van der Waals surface area contributed by atoms with Crippen LogP contribution in [0.4, 0.5) is 0 Å². The summed E-state index contributed by atoms with van der Waals surface area (Å²) >= 11 is 0. The molecule has 0 saturated heterocycles. The number of allylic oxidation sites excluding steroid dienone is 2. The third-order valence-electron chi connectivity index (χ3n) is 3.44. The second kappa shape index (κ2) is 8.76. The molecular formula is C23H32O2Si2. The minimum Gasteiger partial charge on any atom is -0.544 e. The quantitative estimate of drug-likeness (QED) is 0.347. The molecule has 0 spiro atoms. The van der Waals surface area contributed by atoms with Crippen molar-refractivity contribution in [1.82, 2.24) is 0 Å². The zero-order valence-electron chi connectivity index (χ0n) is 21.1. The molecule has 0 aliphatic heterocycles. The Morgan fingerprint density at radius 3 is 1.81 bits per heavy atom. The van der Waals surface area contributed by atoms with Gasteiger partial charge in [0.15, 0.2) is 0 Å². The van der Waals surface area contributed by atoms with E-state index in [0.717, 1.165) is 11.5 Å². The Hall–Kier alpha value is -2.05. The Morgan fingerprint density at radius 1 is 0.889 bits per heavy atom. The van der Waals surface area contributed by atoms with E-state index >= 15 is 0 Å². The molecule has 1 atom stereocenters. The van der Waals surface area contributed by atoms with Gasteiger partial charge in [0.25, 0.3) is 0 Å². The number of hydrogen-bond donors (Lipinski definition) is 0. The average Bonchev–Trinajstić information content (AvgIpc) is 2.59. The van der Waals surface area contributed by atoms with E-state index in [0.29, 0.717) is 11.1 Å². The summed E-state index contributed by atoms with van der Waals surface area (Å²) in [4.78, 5) is 0. The van der Waals surface area contributed by atoms with E-state index in [1.54, 1.807) is 36.4 Å². The van der Waals surface area contributed by atoms with Crippen LogP contribution in [0.2, 0.25) is 39.3 Å². The molecule has 0 saturated carbocycles. The highest BCUT2D eigenvalue weighted by Gasteiger charge is 2.17. The lowest BCUT2D eigenvalue weighted by Gasteiger charge is -2.19. The maximum atomic E-state index is 8.92. The van der Waals surface area contributed by atoms with Gasteiger partial charge in [-0.05, 0) is 74.7 Å². The molecule has 0 aromatic heterocycles. The molecule has 2 rings (SSSR count). The second-order valence-electron chi connectivity index (χ2n) is 8.37. The standard InChI is InChI=1S/C23H32O2Si2/c1-8-20(21-13-17-23(18-14-21)25-27(5,6)7)12-9-19-10-15-22(16-11-19)24-26(2,3)4/h8-18,20H,1H2,2-7H3/b12-9-/i1D2,9D,20D. The van der Waals surface area contributed by atoms with Gasteiger partial charge in [-0.15, -0.1) is 6.53 Å².